The van der Waals surface area contributed by atoms with E-state index in [1.807, 2.05) is 24.3 Å². The zero-order valence-corrected chi connectivity index (χ0v) is 6.65. The fourth-order valence-electron chi connectivity index (χ4n) is 1.07. The Hall–Kier alpha value is -1.09. The summed E-state index contributed by atoms with van der Waals surface area (Å²) in [5.74, 6) is 0. The lowest BCUT2D eigenvalue weighted by Gasteiger charge is -1.88. The molecule has 0 atom stereocenters. The van der Waals surface area contributed by atoms with E-state index in [0.717, 1.165) is 17.0 Å². The van der Waals surface area contributed by atoms with Gasteiger partial charge in [-0.3, -0.25) is 4.79 Å². The Labute approximate surface area is 67.9 Å². The maximum absolute atomic E-state index is 10.9. The predicted octanol–water partition coefficient (Wildman–Crippen LogP) is 1.56. The number of thiazole rings is 1. The molecule has 2 nitrogen and oxygen atoms in total. The molecule has 0 saturated heterocycles. The standard InChI is InChI=1S/C8H7NOS/c10-8-9-6-4-2-1-3-5-7(6)11-8/h1-3,5H,4H2,(H,9,10). The van der Waals surface area contributed by atoms with Crippen LogP contribution in [0.3, 0.4) is 0 Å². The van der Waals surface area contributed by atoms with Crippen LogP contribution in [0.5, 0.6) is 0 Å². The number of rotatable bonds is 0. The minimum absolute atomic E-state index is 0.0370. The summed E-state index contributed by atoms with van der Waals surface area (Å²) in [6, 6.07) is 0. The zero-order chi connectivity index (χ0) is 7.68. The molecule has 0 aliphatic heterocycles. The van der Waals surface area contributed by atoms with Crippen LogP contribution in [0.25, 0.3) is 6.08 Å². The molecular formula is C8H7NOS. The van der Waals surface area contributed by atoms with Crippen molar-refractivity contribution in [3.05, 3.63) is 38.5 Å². The second-order valence-electron chi connectivity index (χ2n) is 2.35. The van der Waals surface area contributed by atoms with E-state index >= 15 is 0 Å². The van der Waals surface area contributed by atoms with Gasteiger partial charge in [-0.2, -0.15) is 0 Å². The molecule has 0 fully saturated rings. The Morgan fingerprint density at radius 1 is 1.45 bits per heavy atom. The molecule has 0 spiro atoms. The normalized spacial score (nSPS) is 14.5. The third-order valence-electron chi connectivity index (χ3n) is 1.57. The first kappa shape index (κ1) is 6.61. The van der Waals surface area contributed by atoms with Gasteiger partial charge in [-0.15, -0.1) is 0 Å². The molecule has 0 unspecified atom stereocenters. The average Bonchev–Trinajstić information content (AvgIpc) is 2.17. The lowest BCUT2D eigenvalue weighted by Crippen LogP contribution is -1.93. The highest BCUT2D eigenvalue weighted by molar-refractivity contribution is 7.10. The molecule has 1 aromatic heterocycles. The second-order valence-corrected chi connectivity index (χ2v) is 3.36. The lowest BCUT2D eigenvalue weighted by atomic mass is 10.3. The molecular weight excluding hydrogens is 158 g/mol. The summed E-state index contributed by atoms with van der Waals surface area (Å²) in [4.78, 5) is 14.8. The van der Waals surface area contributed by atoms with Gasteiger partial charge in [0, 0.05) is 12.1 Å². The molecule has 1 aliphatic rings. The van der Waals surface area contributed by atoms with E-state index in [-0.39, 0.29) is 4.87 Å². The van der Waals surface area contributed by atoms with Gasteiger partial charge in [-0.1, -0.05) is 29.6 Å². The molecule has 0 aromatic carbocycles. The lowest BCUT2D eigenvalue weighted by molar-refractivity contribution is 1.13. The average molecular weight is 165 g/mol. The van der Waals surface area contributed by atoms with Crippen molar-refractivity contribution in [2.45, 2.75) is 6.42 Å². The van der Waals surface area contributed by atoms with Crippen molar-refractivity contribution in [3.8, 4) is 0 Å². The first-order chi connectivity index (χ1) is 5.36. The Kier molecular flexibility index (Phi) is 1.51. The van der Waals surface area contributed by atoms with Crippen LogP contribution in [0.2, 0.25) is 0 Å². The molecule has 3 heteroatoms. The van der Waals surface area contributed by atoms with Gasteiger partial charge in [0.1, 0.15) is 0 Å². The maximum Gasteiger partial charge on any atom is 0.305 e. The summed E-state index contributed by atoms with van der Waals surface area (Å²) >= 11 is 1.27. The van der Waals surface area contributed by atoms with E-state index in [9.17, 15) is 4.79 Å². The van der Waals surface area contributed by atoms with Crippen LogP contribution in [-0.2, 0) is 6.42 Å². The summed E-state index contributed by atoms with van der Waals surface area (Å²) in [6.45, 7) is 0. The fourth-order valence-corrected chi connectivity index (χ4v) is 1.84. The van der Waals surface area contributed by atoms with E-state index in [0.29, 0.717) is 0 Å². The second kappa shape index (κ2) is 2.51. The van der Waals surface area contributed by atoms with E-state index in [1.165, 1.54) is 11.3 Å². The summed E-state index contributed by atoms with van der Waals surface area (Å²) in [5, 5.41) is 0. The molecule has 56 valence electrons. The van der Waals surface area contributed by atoms with Crippen molar-refractivity contribution in [2.75, 3.05) is 0 Å². The summed E-state index contributed by atoms with van der Waals surface area (Å²) in [6.07, 6.45) is 8.77. The minimum atomic E-state index is 0.0370. The molecule has 1 N–H and O–H groups in total. The molecule has 11 heavy (non-hydrogen) atoms. The van der Waals surface area contributed by atoms with Crippen molar-refractivity contribution in [3.63, 3.8) is 0 Å². The van der Waals surface area contributed by atoms with Crippen molar-refractivity contribution in [1.82, 2.24) is 4.98 Å². The van der Waals surface area contributed by atoms with Crippen LogP contribution in [0.15, 0.2) is 23.0 Å². The molecule has 1 heterocycles. The van der Waals surface area contributed by atoms with E-state index in [2.05, 4.69) is 4.98 Å². The van der Waals surface area contributed by atoms with Crippen molar-refractivity contribution < 1.29 is 0 Å². The Morgan fingerprint density at radius 2 is 2.36 bits per heavy atom. The quantitative estimate of drug-likeness (QED) is 0.621. The number of nitrogens with one attached hydrogen (secondary N) is 1. The van der Waals surface area contributed by atoms with E-state index in [1.54, 1.807) is 0 Å². The summed E-state index contributed by atoms with van der Waals surface area (Å²) in [5.41, 5.74) is 1.03. The van der Waals surface area contributed by atoms with Crippen molar-refractivity contribution in [2.24, 2.45) is 0 Å². The highest BCUT2D eigenvalue weighted by Crippen LogP contribution is 2.14. The highest BCUT2D eigenvalue weighted by Gasteiger charge is 2.03. The topological polar surface area (TPSA) is 32.9 Å². The van der Waals surface area contributed by atoms with Crippen molar-refractivity contribution in [1.29, 1.82) is 0 Å². The van der Waals surface area contributed by atoms with E-state index < -0.39 is 0 Å². The highest BCUT2D eigenvalue weighted by atomic mass is 32.1. The molecule has 1 aliphatic carbocycles. The van der Waals surface area contributed by atoms with Crippen LogP contribution in [0, 0.1) is 0 Å². The van der Waals surface area contributed by atoms with Gasteiger partial charge in [-0.05, 0) is 6.08 Å². The smallest absolute Gasteiger partial charge is 0.305 e. The van der Waals surface area contributed by atoms with Crippen LogP contribution in [-0.4, -0.2) is 4.98 Å². The summed E-state index contributed by atoms with van der Waals surface area (Å²) < 4.78 is 0. The largest absolute Gasteiger partial charge is 0.316 e. The minimum Gasteiger partial charge on any atom is -0.316 e. The maximum atomic E-state index is 10.9. The fraction of sp³-hybridized carbons (Fsp3) is 0.125. The molecule has 0 saturated carbocycles. The van der Waals surface area contributed by atoms with Gasteiger partial charge < -0.3 is 4.98 Å². The van der Waals surface area contributed by atoms with Crippen LogP contribution < -0.4 is 4.87 Å². The van der Waals surface area contributed by atoms with Crippen molar-refractivity contribution >= 4 is 17.4 Å². The SMILES string of the molecule is O=c1[nH]c2c(s1)C=CC=CC2. The number of aromatic nitrogens is 1. The van der Waals surface area contributed by atoms with Gasteiger partial charge in [0.2, 0.25) is 0 Å². The Bertz CT molecular complexity index is 370. The van der Waals surface area contributed by atoms with Gasteiger partial charge in [0.15, 0.2) is 0 Å². The zero-order valence-electron chi connectivity index (χ0n) is 5.83. The number of H-pyrrole nitrogens is 1. The van der Waals surface area contributed by atoms with Crippen LogP contribution >= 0.6 is 11.3 Å². The molecule has 2 rings (SSSR count). The number of hydrogen-bond acceptors (Lipinski definition) is 2. The number of hydrogen-bond donors (Lipinski definition) is 1. The van der Waals surface area contributed by atoms with Gasteiger partial charge >= 0.3 is 4.87 Å². The van der Waals surface area contributed by atoms with Gasteiger partial charge in [-0.25, -0.2) is 0 Å². The number of fused-ring (bicyclic) bond motifs is 1. The van der Waals surface area contributed by atoms with Gasteiger partial charge in [0.25, 0.3) is 0 Å². The monoisotopic (exact) mass is 165 g/mol. The third kappa shape index (κ3) is 1.19. The third-order valence-corrected chi connectivity index (χ3v) is 2.46. The first-order valence-electron chi connectivity index (χ1n) is 3.41. The Balaban J connectivity index is 2.59. The van der Waals surface area contributed by atoms with Crippen LogP contribution in [0.1, 0.15) is 10.6 Å². The molecule has 0 radical (unpaired) electrons. The van der Waals surface area contributed by atoms with Crippen LogP contribution in [0.4, 0.5) is 0 Å². The predicted molar refractivity (Wildman–Crippen MR) is 46.8 cm³/mol. The number of aromatic amines is 1. The van der Waals surface area contributed by atoms with E-state index in [4.69, 9.17) is 0 Å². The Morgan fingerprint density at radius 3 is 3.27 bits per heavy atom. The van der Waals surface area contributed by atoms with Gasteiger partial charge in [0.05, 0.1) is 4.88 Å². The molecule has 1 aromatic rings. The number of allylic oxidation sites excluding steroid dienone is 3. The molecule has 0 amide bonds. The first-order valence-corrected chi connectivity index (χ1v) is 4.23. The molecule has 0 bridgehead atoms. The summed E-state index contributed by atoms with van der Waals surface area (Å²) in [7, 11) is 0.